The summed E-state index contributed by atoms with van der Waals surface area (Å²) in [5.74, 6) is 0.339. The summed E-state index contributed by atoms with van der Waals surface area (Å²) in [5, 5.41) is 13.3. The van der Waals surface area contributed by atoms with Gasteiger partial charge in [0, 0.05) is 18.5 Å². The molecule has 1 amide bonds. The number of nitrogens with zero attached hydrogens (tertiary/aromatic N) is 1. The summed E-state index contributed by atoms with van der Waals surface area (Å²) in [6.07, 6.45) is 3.39. The molecule has 0 atom stereocenters. The van der Waals surface area contributed by atoms with Crippen LogP contribution in [0.4, 0.5) is 0 Å². The zero-order chi connectivity index (χ0) is 14.5. The van der Waals surface area contributed by atoms with Crippen molar-refractivity contribution in [2.75, 3.05) is 19.6 Å². The molecule has 112 valence electrons. The fraction of sp³-hybridized carbons (Fsp3) is 0.933. The summed E-state index contributed by atoms with van der Waals surface area (Å²) in [4.78, 5) is 14.2. The van der Waals surface area contributed by atoms with Gasteiger partial charge in [-0.2, -0.15) is 0 Å². The second-order valence-electron chi connectivity index (χ2n) is 6.15. The van der Waals surface area contributed by atoms with E-state index < -0.39 is 5.60 Å². The largest absolute Gasteiger partial charge is 0.389 e. The van der Waals surface area contributed by atoms with Gasteiger partial charge in [0.2, 0.25) is 5.91 Å². The van der Waals surface area contributed by atoms with Gasteiger partial charge in [-0.15, -0.1) is 0 Å². The van der Waals surface area contributed by atoms with Gasteiger partial charge in [0.25, 0.3) is 0 Å². The number of piperidine rings is 1. The maximum Gasteiger partial charge on any atom is 0.223 e. The van der Waals surface area contributed by atoms with Crippen molar-refractivity contribution in [3.63, 3.8) is 0 Å². The molecule has 0 radical (unpaired) electrons. The van der Waals surface area contributed by atoms with E-state index in [1.54, 1.807) is 0 Å². The molecular formula is C15H30N2O2. The molecule has 0 aromatic rings. The minimum Gasteiger partial charge on any atom is -0.389 e. The van der Waals surface area contributed by atoms with E-state index in [4.69, 9.17) is 0 Å². The molecular weight excluding hydrogens is 240 g/mol. The Morgan fingerprint density at radius 2 is 1.84 bits per heavy atom. The minimum absolute atomic E-state index is 0.148. The molecule has 4 nitrogen and oxygen atoms in total. The molecule has 0 bridgehead atoms. The summed E-state index contributed by atoms with van der Waals surface area (Å²) >= 11 is 0. The molecule has 0 aromatic carbocycles. The van der Waals surface area contributed by atoms with Crippen LogP contribution in [-0.2, 0) is 4.79 Å². The molecule has 1 saturated heterocycles. The molecule has 1 aliphatic heterocycles. The van der Waals surface area contributed by atoms with E-state index in [9.17, 15) is 9.90 Å². The highest BCUT2D eigenvalue weighted by atomic mass is 16.3. The molecule has 2 N–H and O–H groups in total. The Labute approximate surface area is 117 Å². The van der Waals surface area contributed by atoms with Crippen molar-refractivity contribution >= 4 is 5.91 Å². The van der Waals surface area contributed by atoms with Crippen molar-refractivity contribution in [3.8, 4) is 0 Å². The molecule has 0 aromatic heterocycles. The van der Waals surface area contributed by atoms with Gasteiger partial charge in [0.05, 0.1) is 5.60 Å². The van der Waals surface area contributed by atoms with Crippen molar-refractivity contribution in [3.05, 3.63) is 0 Å². The summed E-state index contributed by atoms with van der Waals surface area (Å²) in [6.45, 7) is 10.6. The van der Waals surface area contributed by atoms with Crippen LogP contribution in [0.25, 0.3) is 0 Å². The number of carbonyl (C=O) groups excluding carboxylic acids is 1. The predicted molar refractivity (Wildman–Crippen MR) is 78.0 cm³/mol. The summed E-state index contributed by atoms with van der Waals surface area (Å²) < 4.78 is 0. The first kappa shape index (κ1) is 16.4. The zero-order valence-electron chi connectivity index (χ0n) is 12.9. The Morgan fingerprint density at radius 3 is 2.26 bits per heavy atom. The molecule has 1 heterocycles. The Hall–Kier alpha value is -0.610. The highest BCUT2D eigenvalue weighted by Crippen LogP contribution is 2.22. The third-order valence-electron chi connectivity index (χ3n) is 4.22. The Morgan fingerprint density at radius 1 is 1.32 bits per heavy atom. The van der Waals surface area contributed by atoms with Gasteiger partial charge in [0.15, 0.2) is 0 Å². The molecule has 1 rings (SSSR count). The quantitative estimate of drug-likeness (QED) is 0.773. The number of hydrogen-bond donors (Lipinski definition) is 2. The first-order valence-corrected chi connectivity index (χ1v) is 7.65. The number of likely N-dealkylation sites (tertiary alicyclic amines) is 1. The van der Waals surface area contributed by atoms with Gasteiger partial charge in [-0.3, -0.25) is 4.79 Å². The van der Waals surface area contributed by atoms with Crippen LogP contribution < -0.4 is 5.32 Å². The van der Waals surface area contributed by atoms with Crippen LogP contribution >= 0.6 is 0 Å². The van der Waals surface area contributed by atoms with E-state index in [1.165, 1.54) is 0 Å². The molecule has 0 saturated carbocycles. The fourth-order valence-corrected chi connectivity index (χ4v) is 2.65. The van der Waals surface area contributed by atoms with Gasteiger partial charge < -0.3 is 15.3 Å². The fourth-order valence-electron chi connectivity index (χ4n) is 2.65. The lowest BCUT2D eigenvalue weighted by molar-refractivity contribution is -0.127. The summed E-state index contributed by atoms with van der Waals surface area (Å²) in [7, 11) is 0. The van der Waals surface area contributed by atoms with Crippen molar-refractivity contribution < 1.29 is 9.90 Å². The highest BCUT2D eigenvalue weighted by molar-refractivity contribution is 5.78. The summed E-state index contributed by atoms with van der Waals surface area (Å²) in [5.41, 5.74) is -0.562. The first-order chi connectivity index (χ1) is 8.90. The standard InChI is InChI=1S/C15H30N2O2/c1-5-15(19,6-2)11-17-9-7-13(8-10-17)14(18)16-12(3)4/h12-13,19H,5-11H2,1-4H3,(H,16,18). The van der Waals surface area contributed by atoms with E-state index >= 15 is 0 Å². The molecule has 1 aliphatic rings. The lowest BCUT2D eigenvalue weighted by Gasteiger charge is -2.37. The molecule has 19 heavy (non-hydrogen) atoms. The van der Waals surface area contributed by atoms with Crippen molar-refractivity contribution in [2.45, 2.75) is 65.0 Å². The molecule has 4 heteroatoms. The Bertz CT molecular complexity index is 280. The van der Waals surface area contributed by atoms with E-state index in [0.29, 0.717) is 0 Å². The topological polar surface area (TPSA) is 52.6 Å². The van der Waals surface area contributed by atoms with Crippen LogP contribution in [0.1, 0.15) is 53.4 Å². The molecule has 1 fully saturated rings. The zero-order valence-corrected chi connectivity index (χ0v) is 12.9. The van der Waals surface area contributed by atoms with Gasteiger partial charge in [0.1, 0.15) is 0 Å². The van der Waals surface area contributed by atoms with Crippen LogP contribution in [0.2, 0.25) is 0 Å². The second-order valence-corrected chi connectivity index (χ2v) is 6.15. The molecule has 0 aliphatic carbocycles. The SMILES string of the molecule is CCC(O)(CC)CN1CCC(C(=O)NC(C)C)CC1. The number of β-amino-alcohol motifs (C(OH)–C–C–N with tert-alkyl or cyclic N) is 1. The van der Waals surface area contributed by atoms with Crippen LogP contribution in [0.15, 0.2) is 0 Å². The van der Waals surface area contributed by atoms with Crippen LogP contribution in [0.3, 0.4) is 0 Å². The van der Waals surface area contributed by atoms with E-state index in [1.807, 2.05) is 27.7 Å². The van der Waals surface area contributed by atoms with Gasteiger partial charge in [-0.05, 0) is 52.6 Å². The maximum atomic E-state index is 11.9. The lowest BCUT2D eigenvalue weighted by atomic mass is 9.92. The number of amides is 1. The second kappa shape index (κ2) is 7.25. The van der Waals surface area contributed by atoms with Crippen molar-refractivity contribution in [1.82, 2.24) is 10.2 Å². The van der Waals surface area contributed by atoms with Crippen molar-refractivity contribution in [2.24, 2.45) is 5.92 Å². The van der Waals surface area contributed by atoms with E-state index in [-0.39, 0.29) is 17.9 Å². The minimum atomic E-state index is -0.562. The summed E-state index contributed by atoms with van der Waals surface area (Å²) in [6, 6.07) is 0.218. The highest BCUT2D eigenvalue weighted by Gasteiger charge is 2.30. The average molecular weight is 270 g/mol. The Balaban J connectivity index is 2.38. The predicted octanol–water partition coefficient (Wildman–Crippen LogP) is 1.77. The number of nitrogens with one attached hydrogen (secondary N) is 1. The lowest BCUT2D eigenvalue weighted by Crippen LogP contribution is -2.48. The third-order valence-corrected chi connectivity index (χ3v) is 4.22. The van der Waals surface area contributed by atoms with E-state index in [2.05, 4.69) is 10.2 Å². The number of hydrogen-bond acceptors (Lipinski definition) is 3. The first-order valence-electron chi connectivity index (χ1n) is 7.65. The van der Waals surface area contributed by atoms with Gasteiger partial charge in [-0.1, -0.05) is 13.8 Å². The number of carbonyl (C=O) groups is 1. The number of rotatable bonds is 6. The van der Waals surface area contributed by atoms with Crippen molar-refractivity contribution in [1.29, 1.82) is 0 Å². The normalized spacial score (nSPS) is 18.8. The monoisotopic (exact) mass is 270 g/mol. The smallest absolute Gasteiger partial charge is 0.223 e. The average Bonchev–Trinajstić information content (AvgIpc) is 2.38. The van der Waals surface area contributed by atoms with Crippen LogP contribution in [0, 0.1) is 5.92 Å². The molecule has 0 spiro atoms. The Kier molecular flexibility index (Phi) is 6.27. The van der Waals surface area contributed by atoms with Crippen LogP contribution in [0.5, 0.6) is 0 Å². The number of aliphatic hydroxyl groups is 1. The van der Waals surface area contributed by atoms with Crippen LogP contribution in [-0.4, -0.2) is 47.2 Å². The van der Waals surface area contributed by atoms with Gasteiger partial charge in [-0.25, -0.2) is 0 Å². The third kappa shape index (κ3) is 5.11. The maximum absolute atomic E-state index is 11.9. The van der Waals surface area contributed by atoms with Gasteiger partial charge >= 0.3 is 0 Å². The van der Waals surface area contributed by atoms with E-state index in [0.717, 1.165) is 45.3 Å². The molecule has 0 unspecified atom stereocenters.